The molecule has 0 aromatic carbocycles. The zero-order valence-corrected chi connectivity index (χ0v) is 8.04. The Kier molecular flexibility index (Phi) is 3.63. The van der Waals surface area contributed by atoms with E-state index in [1.165, 1.54) is 11.3 Å². The number of carbonyl (C=O) groups is 1. The Morgan fingerprint density at radius 3 is 3.08 bits per heavy atom. The summed E-state index contributed by atoms with van der Waals surface area (Å²) in [6.07, 6.45) is 1.41. The Balaban J connectivity index is 2.52. The lowest BCUT2D eigenvalue weighted by Gasteiger charge is -2.11. The van der Waals surface area contributed by atoms with Gasteiger partial charge < -0.3 is 10.4 Å². The van der Waals surface area contributed by atoms with Gasteiger partial charge in [0.1, 0.15) is 11.6 Å². The van der Waals surface area contributed by atoms with Gasteiger partial charge in [-0.15, -0.1) is 10.2 Å². The van der Waals surface area contributed by atoms with E-state index in [-0.39, 0.29) is 0 Å². The van der Waals surface area contributed by atoms with Gasteiger partial charge in [0.2, 0.25) is 5.13 Å². The molecule has 1 atom stereocenters. The molecule has 0 radical (unpaired) electrons. The van der Waals surface area contributed by atoms with Gasteiger partial charge >= 0.3 is 5.97 Å². The average molecular weight is 201 g/mol. The van der Waals surface area contributed by atoms with Crippen molar-refractivity contribution >= 4 is 22.4 Å². The van der Waals surface area contributed by atoms with Gasteiger partial charge in [0.15, 0.2) is 0 Å². The summed E-state index contributed by atoms with van der Waals surface area (Å²) in [5.41, 5.74) is 1.56. The summed E-state index contributed by atoms with van der Waals surface area (Å²) in [4.78, 5) is 10.7. The highest BCUT2D eigenvalue weighted by Crippen LogP contribution is 2.12. The van der Waals surface area contributed by atoms with Crippen LogP contribution in [0.1, 0.15) is 19.8 Å². The van der Waals surface area contributed by atoms with E-state index in [0.717, 1.165) is 6.42 Å². The zero-order valence-electron chi connectivity index (χ0n) is 7.23. The van der Waals surface area contributed by atoms with Crippen LogP contribution in [0.25, 0.3) is 0 Å². The van der Waals surface area contributed by atoms with Crippen LogP contribution in [0.4, 0.5) is 5.13 Å². The minimum Gasteiger partial charge on any atom is -0.480 e. The van der Waals surface area contributed by atoms with Crippen molar-refractivity contribution in [3.63, 3.8) is 0 Å². The van der Waals surface area contributed by atoms with Crippen LogP contribution in [0.2, 0.25) is 0 Å². The number of carboxylic acids is 1. The van der Waals surface area contributed by atoms with Crippen molar-refractivity contribution in [2.45, 2.75) is 25.8 Å². The molecule has 0 aliphatic heterocycles. The summed E-state index contributed by atoms with van der Waals surface area (Å²) in [7, 11) is 0. The number of nitrogens with zero attached hydrogens (tertiary/aromatic N) is 2. The van der Waals surface area contributed by atoms with Crippen LogP contribution in [0.15, 0.2) is 5.51 Å². The molecule has 1 aromatic rings. The van der Waals surface area contributed by atoms with E-state index in [9.17, 15) is 4.79 Å². The first kappa shape index (κ1) is 9.91. The molecule has 0 saturated carbocycles. The SMILES string of the molecule is CCCC(Nc1nncs1)C(=O)O. The van der Waals surface area contributed by atoms with Gasteiger partial charge in [0.05, 0.1) is 0 Å². The van der Waals surface area contributed by atoms with Crippen molar-refractivity contribution in [3.05, 3.63) is 5.51 Å². The molecule has 13 heavy (non-hydrogen) atoms. The molecule has 1 rings (SSSR count). The third kappa shape index (κ3) is 2.98. The molecule has 0 saturated heterocycles. The first-order valence-electron chi connectivity index (χ1n) is 3.99. The molecule has 6 heteroatoms. The second kappa shape index (κ2) is 4.76. The monoisotopic (exact) mass is 201 g/mol. The van der Waals surface area contributed by atoms with E-state index in [1.807, 2.05) is 6.92 Å². The molecule has 0 aliphatic rings. The molecular weight excluding hydrogens is 190 g/mol. The molecular formula is C7H11N3O2S. The first-order valence-corrected chi connectivity index (χ1v) is 4.87. The van der Waals surface area contributed by atoms with Gasteiger partial charge in [-0.3, -0.25) is 0 Å². The largest absolute Gasteiger partial charge is 0.480 e. The summed E-state index contributed by atoms with van der Waals surface area (Å²) in [6.45, 7) is 1.94. The van der Waals surface area contributed by atoms with Gasteiger partial charge in [-0.1, -0.05) is 24.7 Å². The van der Waals surface area contributed by atoms with E-state index < -0.39 is 12.0 Å². The number of hydrogen-bond donors (Lipinski definition) is 2. The third-order valence-electron chi connectivity index (χ3n) is 1.53. The highest BCUT2D eigenvalue weighted by molar-refractivity contribution is 7.13. The Morgan fingerprint density at radius 1 is 1.85 bits per heavy atom. The highest BCUT2D eigenvalue weighted by atomic mass is 32.1. The van der Waals surface area contributed by atoms with Gasteiger partial charge in [0.25, 0.3) is 0 Å². The molecule has 0 amide bonds. The van der Waals surface area contributed by atoms with E-state index in [2.05, 4.69) is 15.5 Å². The van der Waals surface area contributed by atoms with Crippen LogP contribution in [0.3, 0.4) is 0 Å². The fourth-order valence-corrected chi connectivity index (χ4v) is 1.43. The van der Waals surface area contributed by atoms with E-state index >= 15 is 0 Å². The molecule has 2 N–H and O–H groups in total. The summed E-state index contributed by atoms with van der Waals surface area (Å²) in [6, 6.07) is -0.557. The van der Waals surface area contributed by atoms with Crippen LogP contribution in [-0.2, 0) is 4.79 Å². The molecule has 1 heterocycles. The molecule has 1 aromatic heterocycles. The van der Waals surface area contributed by atoms with Crippen molar-refractivity contribution in [1.29, 1.82) is 0 Å². The number of aliphatic carboxylic acids is 1. The fourth-order valence-electron chi connectivity index (χ4n) is 0.931. The van der Waals surface area contributed by atoms with Gasteiger partial charge in [-0.2, -0.15) is 0 Å². The second-order valence-electron chi connectivity index (χ2n) is 2.57. The van der Waals surface area contributed by atoms with Crippen LogP contribution in [-0.4, -0.2) is 27.3 Å². The van der Waals surface area contributed by atoms with Crippen molar-refractivity contribution in [3.8, 4) is 0 Å². The lowest BCUT2D eigenvalue weighted by Crippen LogP contribution is -2.28. The van der Waals surface area contributed by atoms with E-state index in [1.54, 1.807) is 5.51 Å². The number of aromatic nitrogens is 2. The molecule has 72 valence electrons. The second-order valence-corrected chi connectivity index (χ2v) is 3.40. The standard InChI is InChI=1S/C7H11N3O2S/c1-2-3-5(6(11)12)9-7-10-8-4-13-7/h4-5H,2-3H2,1H3,(H,9,10)(H,11,12). The van der Waals surface area contributed by atoms with Crippen LogP contribution < -0.4 is 5.32 Å². The maximum Gasteiger partial charge on any atom is 0.326 e. The minimum absolute atomic E-state index is 0.556. The Labute approximate surface area is 79.8 Å². The molecule has 1 unspecified atom stereocenters. The Bertz CT molecular complexity index is 263. The predicted molar refractivity (Wildman–Crippen MR) is 49.9 cm³/mol. The normalized spacial score (nSPS) is 12.4. The summed E-state index contributed by atoms with van der Waals surface area (Å²) < 4.78 is 0. The average Bonchev–Trinajstić information content (AvgIpc) is 2.56. The minimum atomic E-state index is -0.850. The van der Waals surface area contributed by atoms with Crippen molar-refractivity contribution in [2.75, 3.05) is 5.32 Å². The highest BCUT2D eigenvalue weighted by Gasteiger charge is 2.16. The number of anilines is 1. The molecule has 0 bridgehead atoms. The summed E-state index contributed by atoms with van der Waals surface area (Å²) in [5, 5.41) is 19.5. The van der Waals surface area contributed by atoms with Crippen LogP contribution in [0.5, 0.6) is 0 Å². The zero-order chi connectivity index (χ0) is 9.68. The molecule has 0 fully saturated rings. The lowest BCUT2D eigenvalue weighted by atomic mass is 10.2. The van der Waals surface area contributed by atoms with Crippen molar-refractivity contribution in [2.24, 2.45) is 0 Å². The van der Waals surface area contributed by atoms with Crippen molar-refractivity contribution < 1.29 is 9.90 Å². The van der Waals surface area contributed by atoms with Crippen molar-refractivity contribution in [1.82, 2.24) is 10.2 Å². The molecule has 5 nitrogen and oxygen atoms in total. The third-order valence-corrected chi connectivity index (χ3v) is 2.16. The number of carboxylic acid groups (broad SMARTS) is 1. The Morgan fingerprint density at radius 2 is 2.62 bits per heavy atom. The number of hydrogen-bond acceptors (Lipinski definition) is 5. The maximum absolute atomic E-state index is 10.7. The van der Waals surface area contributed by atoms with E-state index in [4.69, 9.17) is 5.11 Å². The van der Waals surface area contributed by atoms with Gasteiger partial charge in [0, 0.05) is 0 Å². The topological polar surface area (TPSA) is 75.1 Å². The number of rotatable bonds is 5. The Hall–Kier alpha value is -1.17. The smallest absolute Gasteiger partial charge is 0.326 e. The lowest BCUT2D eigenvalue weighted by molar-refractivity contribution is -0.138. The summed E-state index contributed by atoms with van der Waals surface area (Å²) in [5.74, 6) is -0.850. The van der Waals surface area contributed by atoms with Crippen LogP contribution >= 0.6 is 11.3 Å². The molecule has 0 spiro atoms. The maximum atomic E-state index is 10.7. The van der Waals surface area contributed by atoms with Gasteiger partial charge in [-0.25, -0.2) is 4.79 Å². The van der Waals surface area contributed by atoms with Crippen LogP contribution in [0, 0.1) is 0 Å². The quantitative estimate of drug-likeness (QED) is 0.748. The predicted octanol–water partition coefficient (Wildman–Crippen LogP) is 1.20. The molecule has 0 aliphatic carbocycles. The fraction of sp³-hybridized carbons (Fsp3) is 0.571. The van der Waals surface area contributed by atoms with E-state index in [0.29, 0.717) is 11.6 Å². The number of nitrogens with one attached hydrogen (secondary N) is 1. The van der Waals surface area contributed by atoms with Gasteiger partial charge in [-0.05, 0) is 6.42 Å². The first-order chi connectivity index (χ1) is 6.24. The summed E-state index contributed by atoms with van der Waals surface area (Å²) >= 11 is 1.30.